The van der Waals surface area contributed by atoms with E-state index in [4.69, 9.17) is 23.2 Å². The van der Waals surface area contributed by atoms with E-state index in [0.29, 0.717) is 10.0 Å². The molecule has 2 aromatic heterocycles. The van der Waals surface area contributed by atoms with Gasteiger partial charge in [0.15, 0.2) is 0 Å². The Morgan fingerprint density at radius 2 is 2.05 bits per heavy atom. The molecule has 0 radical (unpaired) electrons. The standard InChI is InChI=1S/C14H9Cl2N3S2/c15-10-4-1-3-9(13(10)16)7-17-19-14-18-11(8-21-14)12-5-2-6-20-12/h1-8H,(H,18,19)/b17-7-. The number of rotatable bonds is 4. The van der Waals surface area contributed by atoms with Crippen LogP contribution in [-0.2, 0) is 0 Å². The van der Waals surface area contributed by atoms with Crippen molar-refractivity contribution in [2.75, 3.05) is 5.43 Å². The number of aromatic nitrogens is 1. The normalized spacial score (nSPS) is 11.1. The van der Waals surface area contributed by atoms with Crippen molar-refractivity contribution in [1.29, 1.82) is 0 Å². The van der Waals surface area contributed by atoms with Crippen molar-refractivity contribution < 1.29 is 0 Å². The molecular weight excluding hydrogens is 345 g/mol. The summed E-state index contributed by atoms with van der Waals surface area (Å²) < 4.78 is 0. The SMILES string of the molecule is Clc1cccc(/C=N\Nc2nc(-c3cccs3)cs2)c1Cl. The molecule has 0 aliphatic heterocycles. The maximum Gasteiger partial charge on any atom is 0.203 e. The fourth-order valence-corrected chi connectivity index (χ4v) is 3.42. The van der Waals surface area contributed by atoms with Gasteiger partial charge in [0.05, 0.1) is 26.8 Å². The second-order valence-corrected chi connectivity index (χ2v) is 6.62. The first kappa shape index (κ1) is 14.5. The number of hydrogen-bond acceptors (Lipinski definition) is 5. The van der Waals surface area contributed by atoms with Crippen LogP contribution in [0.15, 0.2) is 46.2 Å². The Kier molecular flexibility index (Phi) is 4.55. The minimum Gasteiger partial charge on any atom is -0.253 e. The van der Waals surface area contributed by atoms with Crippen LogP contribution in [0.2, 0.25) is 10.0 Å². The van der Waals surface area contributed by atoms with Crippen LogP contribution in [0.5, 0.6) is 0 Å². The Morgan fingerprint density at radius 3 is 2.86 bits per heavy atom. The third kappa shape index (κ3) is 3.44. The van der Waals surface area contributed by atoms with E-state index in [1.807, 2.05) is 35.0 Å². The average Bonchev–Trinajstić information content (AvgIpc) is 3.14. The van der Waals surface area contributed by atoms with E-state index in [9.17, 15) is 0 Å². The van der Waals surface area contributed by atoms with Gasteiger partial charge in [0.2, 0.25) is 5.13 Å². The van der Waals surface area contributed by atoms with Crippen LogP contribution in [0.25, 0.3) is 10.6 Å². The molecule has 7 heteroatoms. The predicted molar refractivity (Wildman–Crippen MR) is 93.1 cm³/mol. The van der Waals surface area contributed by atoms with Gasteiger partial charge in [-0.2, -0.15) is 5.10 Å². The summed E-state index contributed by atoms with van der Waals surface area (Å²) in [7, 11) is 0. The maximum absolute atomic E-state index is 6.08. The summed E-state index contributed by atoms with van der Waals surface area (Å²) in [4.78, 5) is 5.61. The highest BCUT2D eigenvalue weighted by Crippen LogP contribution is 2.28. The Labute approximate surface area is 139 Å². The van der Waals surface area contributed by atoms with Crippen molar-refractivity contribution in [3.05, 3.63) is 56.7 Å². The highest BCUT2D eigenvalue weighted by Gasteiger charge is 2.05. The summed E-state index contributed by atoms with van der Waals surface area (Å²) in [6.07, 6.45) is 1.63. The third-order valence-electron chi connectivity index (χ3n) is 2.62. The summed E-state index contributed by atoms with van der Waals surface area (Å²) >= 11 is 15.2. The van der Waals surface area contributed by atoms with Gasteiger partial charge < -0.3 is 0 Å². The second kappa shape index (κ2) is 6.58. The van der Waals surface area contributed by atoms with Crippen LogP contribution in [0.1, 0.15) is 5.56 Å². The van der Waals surface area contributed by atoms with Gasteiger partial charge in [0.25, 0.3) is 0 Å². The summed E-state index contributed by atoms with van der Waals surface area (Å²) in [5.41, 5.74) is 4.61. The van der Waals surface area contributed by atoms with Crippen LogP contribution in [0.4, 0.5) is 5.13 Å². The molecule has 0 fully saturated rings. The molecule has 1 N–H and O–H groups in total. The maximum atomic E-state index is 6.08. The third-order valence-corrected chi connectivity index (χ3v) is 5.10. The van der Waals surface area contributed by atoms with E-state index < -0.39 is 0 Å². The molecule has 0 saturated heterocycles. The molecule has 0 atom stereocenters. The molecule has 0 aliphatic rings. The highest BCUT2D eigenvalue weighted by molar-refractivity contribution is 7.15. The summed E-state index contributed by atoms with van der Waals surface area (Å²) in [6, 6.07) is 9.46. The molecular formula is C14H9Cl2N3S2. The topological polar surface area (TPSA) is 37.3 Å². The van der Waals surface area contributed by atoms with Crippen molar-refractivity contribution >= 4 is 57.2 Å². The summed E-state index contributed by atoms with van der Waals surface area (Å²) in [5, 5.41) is 9.89. The number of nitrogens with one attached hydrogen (secondary N) is 1. The van der Waals surface area contributed by atoms with Crippen LogP contribution < -0.4 is 5.43 Å². The quantitative estimate of drug-likeness (QED) is 0.487. The Balaban J connectivity index is 1.70. The van der Waals surface area contributed by atoms with Gasteiger partial charge in [0, 0.05) is 10.9 Å². The minimum atomic E-state index is 0.489. The fourth-order valence-electron chi connectivity index (χ4n) is 1.64. The van der Waals surface area contributed by atoms with E-state index in [-0.39, 0.29) is 0 Å². The lowest BCUT2D eigenvalue weighted by atomic mass is 10.2. The molecule has 0 spiro atoms. The highest BCUT2D eigenvalue weighted by atomic mass is 35.5. The zero-order valence-electron chi connectivity index (χ0n) is 10.6. The number of anilines is 1. The first-order chi connectivity index (χ1) is 10.2. The van der Waals surface area contributed by atoms with Gasteiger partial charge in [-0.15, -0.1) is 22.7 Å². The largest absolute Gasteiger partial charge is 0.253 e. The van der Waals surface area contributed by atoms with Gasteiger partial charge in [-0.25, -0.2) is 4.98 Å². The lowest BCUT2D eigenvalue weighted by Gasteiger charge is -1.99. The summed E-state index contributed by atoms with van der Waals surface area (Å²) in [5.74, 6) is 0. The molecule has 21 heavy (non-hydrogen) atoms. The van der Waals surface area contributed by atoms with Crippen LogP contribution >= 0.6 is 45.9 Å². The van der Waals surface area contributed by atoms with Crippen molar-refractivity contribution in [1.82, 2.24) is 4.98 Å². The number of hydrazone groups is 1. The Hall–Kier alpha value is -1.40. The lowest BCUT2D eigenvalue weighted by Crippen LogP contribution is -1.91. The number of thiophene rings is 1. The minimum absolute atomic E-state index is 0.489. The smallest absolute Gasteiger partial charge is 0.203 e. The monoisotopic (exact) mass is 353 g/mol. The van der Waals surface area contributed by atoms with Crippen molar-refractivity contribution in [3.8, 4) is 10.6 Å². The molecule has 2 heterocycles. The summed E-state index contributed by atoms with van der Waals surface area (Å²) in [6.45, 7) is 0. The zero-order chi connectivity index (χ0) is 14.7. The molecule has 0 saturated carbocycles. The van der Waals surface area contributed by atoms with Crippen molar-refractivity contribution in [2.24, 2.45) is 5.10 Å². The molecule has 0 aliphatic carbocycles. The van der Waals surface area contributed by atoms with E-state index >= 15 is 0 Å². The van der Waals surface area contributed by atoms with E-state index in [2.05, 4.69) is 15.5 Å². The van der Waals surface area contributed by atoms with Crippen molar-refractivity contribution in [3.63, 3.8) is 0 Å². The van der Waals surface area contributed by atoms with Crippen molar-refractivity contribution in [2.45, 2.75) is 0 Å². The van der Waals surface area contributed by atoms with Gasteiger partial charge >= 0.3 is 0 Å². The predicted octanol–water partition coefficient (Wildman–Crippen LogP) is 5.62. The van der Waals surface area contributed by atoms with E-state index in [1.54, 1.807) is 23.6 Å². The Bertz CT molecular complexity index is 766. The van der Waals surface area contributed by atoms with Gasteiger partial charge in [0.1, 0.15) is 0 Å². The molecule has 0 unspecified atom stereocenters. The van der Waals surface area contributed by atoms with E-state index in [1.165, 1.54) is 11.3 Å². The first-order valence-corrected chi connectivity index (χ1v) is 8.48. The van der Waals surface area contributed by atoms with Crippen LogP contribution in [-0.4, -0.2) is 11.2 Å². The number of thiazole rings is 1. The van der Waals surface area contributed by atoms with Gasteiger partial charge in [-0.1, -0.05) is 41.4 Å². The van der Waals surface area contributed by atoms with E-state index in [0.717, 1.165) is 21.3 Å². The van der Waals surface area contributed by atoms with Crippen LogP contribution in [0, 0.1) is 0 Å². The fraction of sp³-hybridized carbons (Fsp3) is 0. The van der Waals surface area contributed by atoms with Gasteiger partial charge in [-0.3, -0.25) is 5.43 Å². The molecule has 1 aromatic carbocycles. The number of halogens is 2. The average molecular weight is 354 g/mol. The molecule has 3 aromatic rings. The second-order valence-electron chi connectivity index (χ2n) is 4.03. The number of benzene rings is 1. The zero-order valence-corrected chi connectivity index (χ0v) is 13.7. The Morgan fingerprint density at radius 1 is 1.14 bits per heavy atom. The first-order valence-electron chi connectivity index (χ1n) is 5.96. The molecule has 3 nitrogen and oxygen atoms in total. The lowest BCUT2D eigenvalue weighted by molar-refractivity contribution is 1.29. The molecule has 3 rings (SSSR count). The van der Waals surface area contributed by atoms with Crippen LogP contribution in [0.3, 0.4) is 0 Å². The number of nitrogens with zero attached hydrogens (tertiary/aromatic N) is 2. The van der Waals surface area contributed by atoms with Gasteiger partial charge in [-0.05, 0) is 17.5 Å². The molecule has 0 amide bonds. The molecule has 106 valence electrons. The number of hydrogen-bond donors (Lipinski definition) is 1. The molecule has 0 bridgehead atoms.